The zero-order valence-corrected chi connectivity index (χ0v) is 20.1. The average Bonchev–Trinajstić information content (AvgIpc) is 2.99. The molecule has 3 atom stereocenters. The molecule has 2 heterocycles. The van der Waals surface area contributed by atoms with Crippen LogP contribution in [0.1, 0.15) is 18.1 Å². The lowest BCUT2D eigenvalue weighted by Gasteiger charge is -2.27. The first-order valence-corrected chi connectivity index (χ1v) is 11.2. The summed E-state index contributed by atoms with van der Waals surface area (Å²) in [6.07, 6.45) is 0.112. The van der Waals surface area contributed by atoms with Crippen LogP contribution in [0.5, 0.6) is 0 Å². The highest BCUT2D eigenvalue weighted by Crippen LogP contribution is 2.28. The van der Waals surface area contributed by atoms with Crippen molar-refractivity contribution >= 4 is 44.8 Å². The van der Waals surface area contributed by atoms with Gasteiger partial charge in [0.2, 0.25) is 6.17 Å². The number of carbonyl (C=O) groups excluding carboxylic acids is 1. The second-order valence-electron chi connectivity index (χ2n) is 7.26. The predicted octanol–water partition coefficient (Wildman–Crippen LogP) is -0.523. The number of carbonyl (C=O) groups is 1. The molecule has 32 heavy (non-hydrogen) atoms. The number of quaternary nitrogens is 1. The van der Waals surface area contributed by atoms with Crippen LogP contribution in [-0.2, 0) is 4.79 Å². The Bertz CT molecular complexity index is 1100. The van der Waals surface area contributed by atoms with Crippen molar-refractivity contribution in [2.45, 2.75) is 19.3 Å². The molecular formula is C21H20BrCl2N5O3. The molecule has 4 rings (SSSR count). The van der Waals surface area contributed by atoms with E-state index < -0.39 is 11.1 Å². The standard InChI is InChI=1S/C21H19BrClN5O3.ClH/c1-13-26(10-9-22)18(28(30)31)12-27(13)20-21(29)24-17-8-7-15(23)11-16(17)19(25-20)14-5-3-2-4-6-14;/h2-8,11-13,20H,9-10H2,1H3,(H,24,29);1H. The van der Waals surface area contributed by atoms with Crippen LogP contribution in [0, 0.1) is 10.1 Å². The summed E-state index contributed by atoms with van der Waals surface area (Å²) in [6, 6.07) is 14.7. The summed E-state index contributed by atoms with van der Waals surface area (Å²) >= 11 is 9.60. The van der Waals surface area contributed by atoms with E-state index in [0.717, 1.165) is 5.56 Å². The molecule has 0 fully saturated rings. The van der Waals surface area contributed by atoms with E-state index in [1.165, 1.54) is 6.20 Å². The fourth-order valence-electron chi connectivity index (χ4n) is 3.91. The molecule has 0 saturated carbocycles. The van der Waals surface area contributed by atoms with Crippen LogP contribution < -0.4 is 22.6 Å². The van der Waals surface area contributed by atoms with Gasteiger partial charge in [-0.2, -0.15) is 0 Å². The molecule has 2 aromatic rings. The van der Waals surface area contributed by atoms with Crippen molar-refractivity contribution in [2.24, 2.45) is 4.99 Å². The Morgan fingerprint density at radius 3 is 2.66 bits per heavy atom. The third kappa shape index (κ3) is 4.52. The number of halogens is 3. The van der Waals surface area contributed by atoms with Crippen LogP contribution in [0.2, 0.25) is 5.02 Å². The van der Waals surface area contributed by atoms with Crippen molar-refractivity contribution in [1.29, 1.82) is 0 Å². The highest BCUT2D eigenvalue weighted by Gasteiger charge is 2.46. The minimum Gasteiger partial charge on any atom is -1.00 e. The largest absolute Gasteiger partial charge is 1.00 e. The van der Waals surface area contributed by atoms with Gasteiger partial charge in [-0.1, -0.05) is 57.9 Å². The number of hydrogen-bond donors (Lipinski definition) is 2. The van der Waals surface area contributed by atoms with Crippen LogP contribution in [0.25, 0.3) is 0 Å². The molecule has 2 aliphatic heterocycles. The first-order valence-electron chi connectivity index (χ1n) is 9.70. The quantitative estimate of drug-likeness (QED) is 0.303. The smallest absolute Gasteiger partial charge is 0.444 e. The fourth-order valence-corrected chi connectivity index (χ4v) is 4.51. The molecular weight excluding hydrogens is 521 g/mol. The maximum Gasteiger partial charge on any atom is 0.444 e. The van der Waals surface area contributed by atoms with Gasteiger partial charge >= 0.3 is 5.82 Å². The molecule has 0 bridgehead atoms. The maximum atomic E-state index is 13.2. The number of nitrogens with one attached hydrogen (secondary N) is 2. The molecule has 0 radical (unpaired) electrons. The van der Waals surface area contributed by atoms with Crippen molar-refractivity contribution in [3.63, 3.8) is 0 Å². The Morgan fingerprint density at radius 1 is 1.28 bits per heavy atom. The van der Waals surface area contributed by atoms with Crippen molar-refractivity contribution in [3.05, 3.63) is 86.8 Å². The normalized spacial score (nSPS) is 22.2. The van der Waals surface area contributed by atoms with Crippen LogP contribution in [0.4, 0.5) is 5.69 Å². The summed E-state index contributed by atoms with van der Waals surface area (Å²) in [5.41, 5.74) is 2.71. The number of aliphatic imine (C=N–C) groups is 1. The van der Waals surface area contributed by atoms with Gasteiger partial charge in [-0.25, -0.2) is 9.89 Å². The number of hydrogen-bond acceptors (Lipinski definition) is 5. The monoisotopic (exact) mass is 539 g/mol. The molecule has 2 N–H and O–H groups in total. The summed E-state index contributed by atoms with van der Waals surface area (Å²) in [5, 5.41) is 15.7. The van der Waals surface area contributed by atoms with Crippen LogP contribution in [-0.4, -0.2) is 45.6 Å². The Labute approximate surface area is 204 Å². The van der Waals surface area contributed by atoms with Gasteiger partial charge in [0.15, 0.2) is 6.17 Å². The van der Waals surface area contributed by atoms with E-state index in [9.17, 15) is 14.9 Å². The molecule has 0 saturated heterocycles. The molecule has 0 aliphatic carbocycles. The number of benzene rings is 2. The Balaban J connectivity index is 0.00000289. The third-order valence-electron chi connectivity index (χ3n) is 5.42. The highest BCUT2D eigenvalue weighted by atomic mass is 79.9. The fraction of sp³-hybridized carbons (Fsp3) is 0.238. The number of amides is 1. The minimum atomic E-state index is -0.973. The molecule has 2 aromatic carbocycles. The van der Waals surface area contributed by atoms with E-state index in [2.05, 4.69) is 21.2 Å². The van der Waals surface area contributed by atoms with Crippen molar-refractivity contribution < 1.29 is 27.0 Å². The number of rotatable bonds is 5. The van der Waals surface area contributed by atoms with Gasteiger partial charge in [-0.15, -0.1) is 0 Å². The van der Waals surface area contributed by atoms with Gasteiger partial charge < -0.3 is 17.7 Å². The van der Waals surface area contributed by atoms with Crippen LogP contribution >= 0.6 is 27.5 Å². The highest BCUT2D eigenvalue weighted by molar-refractivity contribution is 9.09. The van der Waals surface area contributed by atoms with Gasteiger partial charge in [-0.05, 0) is 18.2 Å². The molecule has 2 aliphatic rings. The predicted molar refractivity (Wildman–Crippen MR) is 122 cm³/mol. The van der Waals surface area contributed by atoms with Crippen LogP contribution in [0.15, 0.2) is 65.5 Å². The maximum absolute atomic E-state index is 13.2. The Hall–Kier alpha value is -2.46. The van der Waals surface area contributed by atoms with Crippen molar-refractivity contribution in [1.82, 2.24) is 4.90 Å². The lowest BCUT2D eigenvalue weighted by molar-refractivity contribution is -0.936. The van der Waals surface area contributed by atoms with E-state index in [4.69, 9.17) is 16.6 Å². The van der Waals surface area contributed by atoms with Gasteiger partial charge in [0.1, 0.15) is 11.1 Å². The Kier molecular flexibility index (Phi) is 7.55. The first-order chi connectivity index (χ1) is 14.9. The van der Waals surface area contributed by atoms with Crippen molar-refractivity contribution in [3.8, 4) is 0 Å². The topological polar surface area (TPSA) is 92.3 Å². The number of benzodiazepines with no additional fused rings is 1. The SMILES string of the molecule is CC1N(C2N=C(c3ccccc3)c3cc(Cl)ccc3NC2=O)C=C([N+](=O)[O-])[NH+]1CCBr.[Cl-]. The lowest BCUT2D eigenvalue weighted by atomic mass is 10.0. The van der Waals surface area contributed by atoms with E-state index in [-0.39, 0.29) is 30.3 Å². The molecule has 8 nitrogen and oxygen atoms in total. The molecule has 3 unspecified atom stereocenters. The number of anilines is 1. The second kappa shape index (κ2) is 9.99. The third-order valence-corrected chi connectivity index (χ3v) is 6.05. The summed E-state index contributed by atoms with van der Waals surface area (Å²) in [7, 11) is 0. The van der Waals surface area contributed by atoms with E-state index in [0.29, 0.717) is 38.8 Å². The molecule has 0 aromatic heterocycles. The van der Waals surface area contributed by atoms with Crippen molar-refractivity contribution in [2.75, 3.05) is 17.2 Å². The molecule has 1 amide bonds. The molecule has 168 valence electrons. The summed E-state index contributed by atoms with van der Waals surface area (Å²) in [5.74, 6) is -0.346. The van der Waals surface area contributed by atoms with Gasteiger partial charge in [0, 0.05) is 23.1 Å². The van der Waals surface area contributed by atoms with Gasteiger partial charge in [-0.3, -0.25) is 19.8 Å². The van der Waals surface area contributed by atoms with Gasteiger partial charge in [0.25, 0.3) is 5.91 Å². The van der Waals surface area contributed by atoms with E-state index >= 15 is 0 Å². The number of alkyl halides is 1. The number of nitro groups is 1. The summed E-state index contributed by atoms with van der Waals surface area (Å²) in [4.78, 5) is 31.6. The molecule has 0 spiro atoms. The van der Waals surface area contributed by atoms with Crippen LogP contribution in [0.3, 0.4) is 0 Å². The Morgan fingerprint density at radius 2 is 2.00 bits per heavy atom. The first kappa shape index (κ1) is 24.2. The van der Waals surface area contributed by atoms with E-state index in [1.807, 2.05) is 37.3 Å². The summed E-state index contributed by atoms with van der Waals surface area (Å²) in [6.45, 7) is 2.36. The lowest BCUT2D eigenvalue weighted by Crippen LogP contribution is -3.14. The van der Waals surface area contributed by atoms with E-state index in [1.54, 1.807) is 23.1 Å². The summed E-state index contributed by atoms with van der Waals surface area (Å²) < 4.78 is 0. The zero-order valence-electron chi connectivity index (χ0n) is 17.0. The minimum absolute atomic E-state index is 0. The zero-order chi connectivity index (χ0) is 22.1. The number of nitrogens with zero attached hydrogens (tertiary/aromatic N) is 3. The molecule has 11 heteroatoms. The number of fused-ring (bicyclic) bond motifs is 1. The second-order valence-corrected chi connectivity index (χ2v) is 8.48. The van der Waals surface area contributed by atoms with Gasteiger partial charge in [0.05, 0.1) is 23.3 Å². The average molecular weight is 541 g/mol.